The van der Waals surface area contributed by atoms with Gasteiger partial charge in [-0.3, -0.25) is 9.97 Å². The summed E-state index contributed by atoms with van der Waals surface area (Å²) in [6.07, 6.45) is 16.8. The fraction of sp³-hybridized carbons (Fsp3) is 0.524. The Kier molecular flexibility index (Phi) is 8.29. The van der Waals surface area contributed by atoms with E-state index in [1.807, 2.05) is 24.5 Å². The Balaban J connectivity index is 1.63. The van der Waals surface area contributed by atoms with Crippen LogP contribution in [0.3, 0.4) is 0 Å². The third-order valence-corrected chi connectivity index (χ3v) is 4.40. The summed E-state index contributed by atoms with van der Waals surface area (Å²) in [4.78, 5) is 9.01. The molecule has 2 aromatic rings. The van der Waals surface area contributed by atoms with Gasteiger partial charge in [0.25, 0.3) is 0 Å². The molecule has 0 saturated carbocycles. The number of aromatic nitrogens is 2. The quantitative estimate of drug-likeness (QED) is 0.521. The van der Waals surface area contributed by atoms with Crippen molar-refractivity contribution in [3.63, 3.8) is 0 Å². The van der Waals surface area contributed by atoms with Crippen LogP contribution in [0.1, 0.15) is 70.4 Å². The van der Waals surface area contributed by atoms with Crippen molar-refractivity contribution in [2.45, 2.75) is 71.1 Å². The summed E-state index contributed by atoms with van der Waals surface area (Å²) in [7, 11) is 0. The molecule has 1 heterocycles. The van der Waals surface area contributed by atoms with Crippen molar-refractivity contribution in [2.75, 3.05) is 0 Å². The predicted octanol–water partition coefficient (Wildman–Crippen LogP) is 5.92. The average molecular weight is 326 g/mol. The molecule has 0 atom stereocenters. The SMILES string of the molecule is CCCCCCCCCCCc1cnc(-c2ccc(O)cc2)cn1. The van der Waals surface area contributed by atoms with Crippen LogP contribution < -0.4 is 0 Å². The van der Waals surface area contributed by atoms with Crippen LogP contribution >= 0.6 is 0 Å². The molecule has 1 aromatic heterocycles. The van der Waals surface area contributed by atoms with E-state index >= 15 is 0 Å². The standard InChI is InChI=1S/C21H30N2O/c1-2-3-4-5-6-7-8-9-10-11-19-16-23-21(17-22-19)18-12-14-20(24)15-13-18/h12-17,24H,2-11H2,1H3. The Hall–Kier alpha value is -1.90. The molecule has 0 aliphatic rings. The number of nitrogens with zero attached hydrogens (tertiary/aromatic N) is 2. The molecule has 0 aliphatic heterocycles. The van der Waals surface area contributed by atoms with Crippen molar-refractivity contribution >= 4 is 0 Å². The summed E-state index contributed by atoms with van der Waals surface area (Å²) in [5.74, 6) is 0.272. The number of aromatic hydroxyl groups is 1. The van der Waals surface area contributed by atoms with Gasteiger partial charge in [0.1, 0.15) is 5.75 Å². The van der Waals surface area contributed by atoms with Crippen molar-refractivity contribution in [1.29, 1.82) is 0 Å². The molecule has 130 valence electrons. The van der Waals surface area contributed by atoms with Gasteiger partial charge in [-0.15, -0.1) is 0 Å². The second kappa shape index (κ2) is 10.8. The summed E-state index contributed by atoms with van der Waals surface area (Å²) in [6.45, 7) is 2.26. The lowest BCUT2D eigenvalue weighted by Crippen LogP contribution is -1.94. The van der Waals surface area contributed by atoms with Crippen molar-refractivity contribution < 1.29 is 5.11 Å². The van der Waals surface area contributed by atoms with Crippen LogP contribution in [-0.4, -0.2) is 15.1 Å². The fourth-order valence-corrected chi connectivity index (χ4v) is 2.88. The first-order valence-electron chi connectivity index (χ1n) is 9.40. The zero-order valence-electron chi connectivity index (χ0n) is 14.9. The highest BCUT2D eigenvalue weighted by atomic mass is 16.3. The van der Waals surface area contributed by atoms with Gasteiger partial charge in [-0.2, -0.15) is 0 Å². The van der Waals surface area contributed by atoms with E-state index in [1.54, 1.807) is 12.1 Å². The Labute approximate surface area is 146 Å². The Morgan fingerprint density at radius 1 is 0.750 bits per heavy atom. The van der Waals surface area contributed by atoms with Crippen LogP contribution in [0.25, 0.3) is 11.3 Å². The number of unbranched alkanes of at least 4 members (excludes halogenated alkanes) is 8. The van der Waals surface area contributed by atoms with E-state index in [1.165, 1.54) is 57.8 Å². The Morgan fingerprint density at radius 2 is 1.38 bits per heavy atom. The maximum absolute atomic E-state index is 9.32. The molecule has 0 aliphatic carbocycles. The van der Waals surface area contributed by atoms with E-state index < -0.39 is 0 Å². The normalized spacial score (nSPS) is 10.9. The molecule has 0 amide bonds. The maximum atomic E-state index is 9.32. The summed E-state index contributed by atoms with van der Waals surface area (Å²) < 4.78 is 0. The van der Waals surface area contributed by atoms with Gasteiger partial charge in [-0.05, 0) is 37.1 Å². The Bertz CT molecular complexity index is 563. The maximum Gasteiger partial charge on any atom is 0.115 e. The van der Waals surface area contributed by atoms with Gasteiger partial charge < -0.3 is 5.11 Å². The molecule has 0 bridgehead atoms. The lowest BCUT2D eigenvalue weighted by Gasteiger charge is -2.04. The Morgan fingerprint density at radius 3 is 1.96 bits per heavy atom. The molecule has 24 heavy (non-hydrogen) atoms. The second-order valence-electron chi connectivity index (χ2n) is 6.52. The van der Waals surface area contributed by atoms with Crippen molar-refractivity contribution in [1.82, 2.24) is 9.97 Å². The third kappa shape index (κ3) is 6.69. The van der Waals surface area contributed by atoms with E-state index in [0.29, 0.717) is 0 Å². The first kappa shape index (κ1) is 18.4. The van der Waals surface area contributed by atoms with Gasteiger partial charge in [0.05, 0.1) is 17.6 Å². The van der Waals surface area contributed by atoms with Crippen LogP contribution in [0, 0.1) is 0 Å². The molecule has 1 aromatic carbocycles. The second-order valence-corrected chi connectivity index (χ2v) is 6.52. The highest BCUT2D eigenvalue weighted by molar-refractivity contribution is 5.58. The lowest BCUT2D eigenvalue weighted by molar-refractivity contribution is 0.475. The molecule has 0 radical (unpaired) electrons. The number of rotatable bonds is 11. The van der Waals surface area contributed by atoms with Gasteiger partial charge >= 0.3 is 0 Å². The minimum atomic E-state index is 0.272. The van der Waals surface area contributed by atoms with Gasteiger partial charge in [0.15, 0.2) is 0 Å². The zero-order valence-corrected chi connectivity index (χ0v) is 14.9. The number of phenols is 1. The molecule has 3 nitrogen and oxygen atoms in total. The summed E-state index contributed by atoms with van der Waals surface area (Å²) in [5.41, 5.74) is 2.90. The van der Waals surface area contributed by atoms with E-state index in [4.69, 9.17) is 0 Å². The summed E-state index contributed by atoms with van der Waals surface area (Å²) in [5, 5.41) is 9.32. The van der Waals surface area contributed by atoms with Crippen LogP contribution in [0.15, 0.2) is 36.7 Å². The molecular formula is C21H30N2O. The van der Waals surface area contributed by atoms with Crippen LogP contribution in [0.5, 0.6) is 5.75 Å². The smallest absolute Gasteiger partial charge is 0.115 e. The van der Waals surface area contributed by atoms with Crippen LogP contribution in [0.2, 0.25) is 0 Å². The van der Waals surface area contributed by atoms with Crippen molar-refractivity contribution in [3.05, 3.63) is 42.4 Å². The third-order valence-electron chi connectivity index (χ3n) is 4.40. The lowest BCUT2D eigenvalue weighted by atomic mass is 10.1. The van der Waals surface area contributed by atoms with Gasteiger partial charge in [0.2, 0.25) is 0 Å². The topological polar surface area (TPSA) is 46.0 Å². The van der Waals surface area contributed by atoms with Gasteiger partial charge in [0, 0.05) is 11.8 Å². The molecule has 1 N–H and O–H groups in total. The number of phenolic OH excluding ortho intramolecular Hbond substituents is 1. The minimum absolute atomic E-state index is 0.272. The molecule has 2 rings (SSSR count). The highest BCUT2D eigenvalue weighted by Crippen LogP contribution is 2.19. The number of hydrogen-bond donors (Lipinski definition) is 1. The number of hydrogen-bond acceptors (Lipinski definition) is 3. The van der Waals surface area contributed by atoms with E-state index in [2.05, 4.69) is 16.9 Å². The van der Waals surface area contributed by atoms with Gasteiger partial charge in [-0.1, -0.05) is 58.3 Å². The molecule has 0 unspecified atom stereocenters. The molecule has 0 fully saturated rings. The first-order valence-corrected chi connectivity index (χ1v) is 9.40. The van der Waals surface area contributed by atoms with Crippen LogP contribution in [0.4, 0.5) is 0 Å². The van der Waals surface area contributed by atoms with Gasteiger partial charge in [-0.25, -0.2) is 0 Å². The molecular weight excluding hydrogens is 296 g/mol. The zero-order chi connectivity index (χ0) is 17.0. The molecule has 0 spiro atoms. The average Bonchev–Trinajstić information content (AvgIpc) is 2.62. The first-order chi connectivity index (χ1) is 11.8. The van der Waals surface area contributed by atoms with E-state index in [0.717, 1.165) is 23.4 Å². The summed E-state index contributed by atoms with van der Waals surface area (Å²) in [6, 6.07) is 7.07. The molecule has 3 heteroatoms. The monoisotopic (exact) mass is 326 g/mol. The van der Waals surface area contributed by atoms with E-state index in [-0.39, 0.29) is 5.75 Å². The largest absolute Gasteiger partial charge is 0.508 e. The molecule has 0 saturated heterocycles. The van der Waals surface area contributed by atoms with Crippen molar-refractivity contribution in [2.24, 2.45) is 0 Å². The van der Waals surface area contributed by atoms with E-state index in [9.17, 15) is 5.11 Å². The minimum Gasteiger partial charge on any atom is -0.508 e. The predicted molar refractivity (Wildman–Crippen MR) is 100 cm³/mol. The fourth-order valence-electron chi connectivity index (χ4n) is 2.88. The highest BCUT2D eigenvalue weighted by Gasteiger charge is 2.01. The van der Waals surface area contributed by atoms with Crippen molar-refractivity contribution in [3.8, 4) is 17.0 Å². The number of aryl methyl sites for hydroxylation is 1. The van der Waals surface area contributed by atoms with Crippen LogP contribution in [-0.2, 0) is 6.42 Å². The number of benzene rings is 1. The summed E-state index contributed by atoms with van der Waals surface area (Å²) >= 11 is 0.